The van der Waals surface area contributed by atoms with Crippen LogP contribution in [0, 0.1) is 5.92 Å². The quantitative estimate of drug-likeness (QED) is 0.677. The van der Waals surface area contributed by atoms with E-state index in [4.69, 9.17) is 11.5 Å². The van der Waals surface area contributed by atoms with Gasteiger partial charge in [0.05, 0.1) is 4.90 Å². The highest BCUT2D eigenvalue weighted by Crippen LogP contribution is 2.10. The first kappa shape index (κ1) is 16.6. The zero-order valence-electron chi connectivity index (χ0n) is 11.7. The Bertz CT molecular complexity index is 553. The Hall–Kier alpha value is -1.44. The number of nitrogens with one attached hydrogen (secondary N) is 1. The third-order valence-electron chi connectivity index (χ3n) is 2.76. The Morgan fingerprint density at radius 2 is 1.80 bits per heavy atom. The molecule has 7 heteroatoms. The minimum atomic E-state index is -3.62. The summed E-state index contributed by atoms with van der Waals surface area (Å²) in [6, 6.07) is 5.22. The maximum atomic E-state index is 12.0. The lowest BCUT2D eigenvalue weighted by Crippen LogP contribution is -2.38. The van der Waals surface area contributed by atoms with Crippen molar-refractivity contribution in [1.29, 1.82) is 0 Å². The largest absolute Gasteiger partial charge is 0.366 e. The summed E-state index contributed by atoms with van der Waals surface area (Å²) in [4.78, 5) is 11.0. The maximum absolute atomic E-state index is 12.0. The minimum Gasteiger partial charge on any atom is -0.366 e. The van der Waals surface area contributed by atoms with E-state index in [1.54, 1.807) is 0 Å². The number of hydrogen-bond acceptors (Lipinski definition) is 4. The van der Waals surface area contributed by atoms with Crippen LogP contribution < -0.4 is 16.2 Å². The summed E-state index contributed by atoms with van der Waals surface area (Å²) >= 11 is 0. The average Bonchev–Trinajstić information content (AvgIpc) is 2.36. The molecule has 0 saturated heterocycles. The number of nitrogens with two attached hydrogens (primary N) is 2. The molecule has 1 aromatic rings. The molecule has 0 fully saturated rings. The van der Waals surface area contributed by atoms with Crippen LogP contribution in [0.2, 0.25) is 0 Å². The number of sulfonamides is 1. The Labute approximate surface area is 119 Å². The second-order valence-electron chi connectivity index (χ2n) is 5.13. The van der Waals surface area contributed by atoms with Crippen LogP contribution in [0.15, 0.2) is 29.2 Å². The monoisotopic (exact) mass is 299 g/mol. The summed E-state index contributed by atoms with van der Waals surface area (Å²) in [6.45, 7) is 4.23. The summed E-state index contributed by atoms with van der Waals surface area (Å²) in [6.07, 6.45) is 0.739. The van der Waals surface area contributed by atoms with Crippen LogP contribution in [0.25, 0.3) is 0 Å². The van der Waals surface area contributed by atoms with Crippen molar-refractivity contribution < 1.29 is 13.2 Å². The average molecular weight is 299 g/mol. The van der Waals surface area contributed by atoms with Gasteiger partial charge in [0.2, 0.25) is 15.9 Å². The van der Waals surface area contributed by atoms with Gasteiger partial charge >= 0.3 is 0 Å². The molecule has 0 aliphatic carbocycles. The maximum Gasteiger partial charge on any atom is 0.248 e. The summed E-state index contributed by atoms with van der Waals surface area (Å²) in [5, 5.41) is 0. The van der Waals surface area contributed by atoms with Crippen molar-refractivity contribution in [2.45, 2.75) is 31.2 Å². The molecular weight excluding hydrogens is 278 g/mol. The normalized spacial score (nSPS) is 13.4. The van der Waals surface area contributed by atoms with Crippen LogP contribution in [0.5, 0.6) is 0 Å². The van der Waals surface area contributed by atoms with Crippen molar-refractivity contribution in [3.05, 3.63) is 29.8 Å². The topological polar surface area (TPSA) is 115 Å². The van der Waals surface area contributed by atoms with E-state index in [0.29, 0.717) is 5.92 Å². The molecular formula is C13H21N3O3S. The fourth-order valence-electron chi connectivity index (χ4n) is 1.79. The van der Waals surface area contributed by atoms with E-state index in [1.807, 2.05) is 13.8 Å². The fourth-order valence-corrected chi connectivity index (χ4v) is 2.88. The molecule has 5 N–H and O–H groups in total. The second-order valence-corrected chi connectivity index (χ2v) is 6.90. The van der Waals surface area contributed by atoms with Crippen molar-refractivity contribution in [2.75, 3.05) is 6.54 Å². The van der Waals surface area contributed by atoms with E-state index in [-0.39, 0.29) is 23.0 Å². The fraction of sp³-hybridized carbons (Fsp3) is 0.462. The first-order chi connectivity index (χ1) is 9.22. The third kappa shape index (κ3) is 4.92. The van der Waals surface area contributed by atoms with Crippen molar-refractivity contribution in [3.63, 3.8) is 0 Å². The van der Waals surface area contributed by atoms with Crippen LogP contribution in [-0.2, 0) is 10.0 Å². The summed E-state index contributed by atoms with van der Waals surface area (Å²) in [5.41, 5.74) is 11.2. The molecule has 0 bridgehead atoms. The SMILES string of the molecule is CC(C)CC(N)CNS(=O)(=O)c1ccc(C(N)=O)cc1. The lowest BCUT2D eigenvalue weighted by Gasteiger charge is -2.15. The number of rotatable bonds is 7. The van der Waals surface area contributed by atoms with Crippen molar-refractivity contribution in [1.82, 2.24) is 4.72 Å². The van der Waals surface area contributed by atoms with Crippen molar-refractivity contribution >= 4 is 15.9 Å². The third-order valence-corrected chi connectivity index (χ3v) is 4.20. The van der Waals surface area contributed by atoms with Gasteiger partial charge in [-0.15, -0.1) is 0 Å². The number of hydrogen-bond donors (Lipinski definition) is 3. The molecule has 6 nitrogen and oxygen atoms in total. The summed E-state index contributed by atoms with van der Waals surface area (Å²) < 4.78 is 26.5. The molecule has 0 spiro atoms. The highest BCUT2D eigenvalue weighted by molar-refractivity contribution is 7.89. The Morgan fingerprint density at radius 1 is 1.25 bits per heavy atom. The number of carbonyl (C=O) groups excluding carboxylic acids is 1. The highest BCUT2D eigenvalue weighted by Gasteiger charge is 2.16. The number of amides is 1. The molecule has 1 atom stereocenters. The molecule has 1 unspecified atom stereocenters. The van der Waals surface area contributed by atoms with Gasteiger partial charge < -0.3 is 11.5 Å². The molecule has 112 valence electrons. The van der Waals surface area contributed by atoms with Gasteiger partial charge in [0.15, 0.2) is 0 Å². The van der Waals surface area contributed by atoms with Crippen LogP contribution in [0.3, 0.4) is 0 Å². The van der Waals surface area contributed by atoms with Gasteiger partial charge in [-0.1, -0.05) is 13.8 Å². The molecule has 1 aromatic carbocycles. The van der Waals surface area contributed by atoms with Gasteiger partial charge in [0.25, 0.3) is 0 Å². The molecule has 0 aromatic heterocycles. The summed E-state index contributed by atoms with van der Waals surface area (Å²) in [5.74, 6) is -0.190. The Balaban J connectivity index is 2.71. The van der Waals surface area contributed by atoms with Gasteiger partial charge in [-0.05, 0) is 36.6 Å². The van der Waals surface area contributed by atoms with Gasteiger partial charge in [0, 0.05) is 18.2 Å². The molecule has 1 amide bonds. The van der Waals surface area contributed by atoms with E-state index in [2.05, 4.69) is 4.72 Å². The highest BCUT2D eigenvalue weighted by atomic mass is 32.2. The zero-order chi connectivity index (χ0) is 15.3. The van der Waals surface area contributed by atoms with Gasteiger partial charge in [0.1, 0.15) is 0 Å². The lowest BCUT2D eigenvalue weighted by molar-refractivity contribution is 0.1000. The predicted molar refractivity (Wildman–Crippen MR) is 77.6 cm³/mol. The minimum absolute atomic E-state index is 0.0826. The molecule has 0 heterocycles. The first-order valence-electron chi connectivity index (χ1n) is 6.37. The zero-order valence-corrected chi connectivity index (χ0v) is 12.5. The lowest BCUT2D eigenvalue weighted by atomic mass is 10.1. The van der Waals surface area contributed by atoms with Crippen LogP contribution in [0.1, 0.15) is 30.6 Å². The molecule has 0 aliphatic heterocycles. The Kier molecular flexibility index (Phi) is 5.67. The number of primary amides is 1. The Morgan fingerprint density at radius 3 is 2.25 bits per heavy atom. The van der Waals surface area contributed by atoms with E-state index in [1.165, 1.54) is 24.3 Å². The van der Waals surface area contributed by atoms with Crippen LogP contribution in [0.4, 0.5) is 0 Å². The number of carbonyl (C=O) groups is 1. The van der Waals surface area contributed by atoms with Gasteiger partial charge in [-0.2, -0.15) is 0 Å². The second kappa shape index (κ2) is 6.83. The smallest absolute Gasteiger partial charge is 0.248 e. The van der Waals surface area contributed by atoms with Crippen molar-refractivity contribution in [2.24, 2.45) is 17.4 Å². The first-order valence-corrected chi connectivity index (χ1v) is 7.86. The standard InChI is InChI=1S/C13H21N3O3S/c1-9(2)7-11(14)8-16-20(18,19)12-5-3-10(4-6-12)13(15)17/h3-6,9,11,16H,7-8,14H2,1-2H3,(H2,15,17). The van der Waals surface area contributed by atoms with E-state index >= 15 is 0 Å². The van der Waals surface area contributed by atoms with Gasteiger partial charge in [-0.3, -0.25) is 4.79 Å². The van der Waals surface area contributed by atoms with E-state index in [9.17, 15) is 13.2 Å². The predicted octanol–water partition coefficient (Wildman–Crippen LogP) is 0.437. The van der Waals surface area contributed by atoms with Gasteiger partial charge in [-0.25, -0.2) is 13.1 Å². The van der Waals surface area contributed by atoms with Crippen LogP contribution in [-0.4, -0.2) is 26.9 Å². The molecule has 0 saturated carbocycles. The molecule has 20 heavy (non-hydrogen) atoms. The summed E-state index contributed by atoms with van der Waals surface area (Å²) in [7, 11) is -3.62. The van der Waals surface area contributed by atoms with E-state index in [0.717, 1.165) is 6.42 Å². The van der Waals surface area contributed by atoms with Crippen LogP contribution >= 0.6 is 0 Å². The van der Waals surface area contributed by atoms with Crippen molar-refractivity contribution in [3.8, 4) is 0 Å². The molecule has 0 aliphatic rings. The molecule has 1 rings (SSSR count). The van der Waals surface area contributed by atoms with E-state index < -0.39 is 15.9 Å². The number of benzene rings is 1. The molecule has 0 radical (unpaired) electrons.